The fourth-order valence-corrected chi connectivity index (χ4v) is 2.55. The lowest BCUT2D eigenvalue weighted by Crippen LogP contribution is -2.33. The molecule has 0 aromatic heterocycles. The van der Waals surface area contributed by atoms with Crippen molar-refractivity contribution in [3.05, 3.63) is 30.3 Å². The van der Waals surface area contributed by atoms with Crippen LogP contribution in [0.2, 0.25) is 0 Å². The third kappa shape index (κ3) is 5.21. The molecule has 0 radical (unpaired) electrons. The van der Waals surface area contributed by atoms with Crippen molar-refractivity contribution < 1.29 is 4.74 Å². The van der Waals surface area contributed by atoms with E-state index in [1.807, 2.05) is 30.3 Å². The summed E-state index contributed by atoms with van der Waals surface area (Å²) < 4.78 is 5.72. The molecular weight excluding hydrogens is 236 g/mol. The number of hydrogen-bond acceptors (Lipinski definition) is 3. The number of rotatable bonds is 8. The molecule has 2 rings (SSSR count). The van der Waals surface area contributed by atoms with Gasteiger partial charge in [0.15, 0.2) is 0 Å². The van der Waals surface area contributed by atoms with E-state index >= 15 is 0 Å². The van der Waals surface area contributed by atoms with Crippen molar-refractivity contribution in [2.75, 3.05) is 32.8 Å². The first kappa shape index (κ1) is 14.4. The number of ether oxygens (including phenoxy) is 1. The van der Waals surface area contributed by atoms with Crippen molar-refractivity contribution in [2.45, 2.75) is 32.2 Å². The summed E-state index contributed by atoms with van der Waals surface area (Å²) in [6.45, 7) is 7.76. The lowest BCUT2D eigenvalue weighted by molar-refractivity contribution is 0.260. The molecule has 1 heterocycles. The summed E-state index contributed by atoms with van der Waals surface area (Å²) in [5.74, 6) is 0.978. The second-order valence-electron chi connectivity index (χ2n) is 5.26. The molecule has 0 spiro atoms. The minimum absolute atomic E-state index is 0.704. The van der Waals surface area contributed by atoms with Crippen molar-refractivity contribution in [3.63, 3.8) is 0 Å². The zero-order valence-corrected chi connectivity index (χ0v) is 12.0. The van der Waals surface area contributed by atoms with Crippen molar-refractivity contribution in [1.29, 1.82) is 0 Å². The Labute approximate surface area is 116 Å². The van der Waals surface area contributed by atoms with E-state index in [2.05, 4.69) is 17.1 Å². The van der Waals surface area contributed by atoms with Gasteiger partial charge in [0.05, 0.1) is 6.61 Å². The molecule has 1 saturated heterocycles. The van der Waals surface area contributed by atoms with Gasteiger partial charge in [0.1, 0.15) is 5.75 Å². The summed E-state index contributed by atoms with van der Waals surface area (Å²) in [7, 11) is 0. The maximum absolute atomic E-state index is 5.72. The summed E-state index contributed by atoms with van der Waals surface area (Å²) >= 11 is 0. The highest BCUT2D eigenvalue weighted by Gasteiger charge is 2.20. The average molecular weight is 262 g/mol. The molecule has 1 atom stereocenters. The van der Waals surface area contributed by atoms with Crippen LogP contribution in [0.15, 0.2) is 30.3 Å². The van der Waals surface area contributed by atoms with Gasteiger partial charge in [-0.2, -0.15) is 0 Å². The van der Waals surface area contributed by atoms with Gasteiger partial charge in [0.2, 0.25) is 0 Å². The maximum Gasteiger partial charge on any atom is 0.119 e. The van der Waals surface area contributed by atoms with Crippen LogP contribution in [-0.4, -0.2) is 43.7 Å². The van der Waals surface area contributed by atoms with Gasteiger partial charge in [0, 0.05) is 19.1 Å². The van der Waals surface area contributed by atoms with Gasteiger partial charge < -0.3 is 15.0 Å². The molecule has 106 valence electrons. The molecule has 1 aliphatic heterocycles. The van der Waals surface area contributed by atoms with E-state index in [0.717, 1.165) is 31.9 Å². The number of nitrogens with one attached hydrogen (secondary N) is 1. The molecule has 1 aromatic carbocycles. The van der Waals surface area contributed by atoms with Crippen LogP contribution in [0.5, 0.6) is 5.75 Å². The van der Waals surface area contributed by atoms with Crippen molar-refractivity contribution >= 4 is 0 Å². The van der Waals surface area contributed by atoms with Crippen LogP contribution in [0.25, 0.3) is 0 Å². The van der Waals surface area contributed by atoms with Crippen molar-refractivity contribution in [1.82, 2.24) is 10.2 Å². The highest BCUT2D eigenvalue weighted by molar-refractivity contribution is 5.20. The van der Waals surface area contributed by atoms with E-state index in [1.54, 1.807) is 0 Å². The summed E-state index contributed by atoms with van der Waals surface area (Å²) in [5, 5.41) is 3.60. The highest BCUT2D eigenvalue weighted by atomic mass is 16.5. The Bertz CT molecular complexity index is 342. The van der Waals surface area contributed by atoms with E-state index < -0.39 is 0 Å². The standard InChI is InChI=1S/C16H26N2O/c1-2-10-17-15-9-12-18(14-15)11-6-13-19-16-7-4-3-5-8-16/h3-5,7-8,15,17H,2,6,9-14H2,1H3. The van der Waals surface area contributed by atoms with Gasteiger partial charge >= 0.3 is 0 Å². The minimum atomic E-state index is 0.704. The molecule has 1 fully saturated rings. The van der Waals surface area contributed by atoms with Gasteiger partial charge in [-0.05, 0) is 44.5 Å². The minimum Gasteiger partial charge on any atom is -0.494 e. The zero-order valence-electron chi connectivity index (χ0n) is 12.0. The van der Waals surface area contributed by atoms with Crippen LogP contribution in [0.1, 0.15) is 26.2 Å². The second-order valence-corrected chi connectivity index (χ2v) is 5.26. The van der Waals surface area contributed by atoms with Gasteiger partial charge in [-0.3, -0.25) is 0 Å². The number of para-hydroxylation sites is 1. The van der Waals surface area contributed by atoms with E-state index in [4.69, 9.17) is 4.74 Å². The van der Waals surface area contributed by atoms with Gasteiger partial charge in [-0.25, -0.2) is 0 Å². The molecule has 0 saturated carbocycles. The molecule has 3 heteroatoms. The highest BCUT2D eigenvalue weighted by Crippen LogP contribution is 2.11. The number of hydrogen-bond donors (Lipinski definition) is 1. The normalized spacial score (nSPS) is 19.7. The van der Waals surface area contributed by atoms with E-state index in [9.17, 15) is 0 Å². The van der Waals surface area contributed by atoms with Crippen LogP contribution in [-0.2, 0) is 0 Å². The van der Waals surface area contributed by atoms with Crippen LogP contribution in [0, 0.1) is 0 Å². The molecule has 1 unspecified atom stereocenters. The summed E-state index contributed by atoms with van der Waals surface area (Å²) in [6.07, 6.45) is 3.62. The zero-order chi connectivity index (χ0) is 13.3. The molecule has 19 heavy (non-hydrogen) atoms. The van der Waals surface area contributed by atoms with Crippen LogP contribution < -0.4 is 10.1 Å². The Balaban J connectivity index is 1.54. The summed E-state index contributed by atoms with van der Waals surface area (Å²) in [4.78, 5) is 2.54. The predicted octanol–water partition coefficient (Wildman–Crippen LogP) is 2.53. The third-order valence-corrected chi connectivity index (χ3v) is 3.59. The molecule has 1 aliphatic rings. The van der Waals surface area contributed by atoms with Crippen molar-refractivity contribution in [2.24, 2.45) is 0 Å². The van der Waals surface area contributed by atoms with Gasteiger partial charge in [-0.15, -0.1) is 0 Å². The first-order chi connectivity index (χ1) is 9.38. The number of likely N-dealkylation sites (tertiary alicyclic amines) is 1. The molecule has 1 aromatic rings. The first-order valence-electron chi connectivity index (χ1n) is 7.52. The van der Waals surface area contributed by atoms with Crippen LogP contribution in [0.3, 0.4) is 0 Å². The van der Waals surface area contributed by atoms with Gasteiger partial charge in [-0.1, -0.05) is 25.1 Å². The monoisotopic (exact) mass is 262 g/mol. The smallest absolute Gasteiger partial charge is 0.119 e. The summed E-state index contributed by atoms with van der Waals surface area (Å²) in [6, 6.07) is 10.8. The number of nitrogens with zero attached hydrogens (tertiary/aromatic N) is 1. The van der Waals surface area contributed by atoms with E-state index in [1.165, 1.54) is 25.9 Å². The number of benzene rings is 1. The van der Waals surface area contributed by atoms with Crippen molar-refractivity contribution in [3.8, 4) is 5.75 Å². The first-order valence-corrected chi connectivity index (χ1v) is 7.52. The largest absolute Gasteiger partial charge is 0.494 e. The van der Waals surface area contributed by atoms with E-state index in [-0.39, 0.29) is 0 Å². The molecule has 3 nitrogen and oxygen atoms in total. The Kier molecular flexibility index (Phi) is 6.18. The van der Waals surface area contributed by atoms with Gasteiger partial charge in [0.25, 0.3) is 0 Å². The second kappa shape index (κ2) is 8.18. The lowest BCUT2D eigenvalue weighted by Gasteiger charge is -2.16. The topological polar surface area (TPSA) is 24.5 Å². The predicted molar refractivity (Wildman–Crippen MR) is 79.7 cm³/mol. The Morgan fingerprint density at radius 1 is 1.32 bits per heavy atom. The third-order valence-electron chi connectivity index (χ3n) is 3.59. The fourth-order valence-electron chi connectivity index (χ4n) is 2.55. The lowest BCUT2D eigenvalue weighted by atomic mass is 10.2. The van der Waals surface area contributed by atoms with E-state index in [0.29, 0.717) is 6.04 Å². The Morgan fingerprint density at radius 2 is 2.16 bits per heavy atom. The molecule has 0 amide bonds. The molecular formula is C16H26N2O. The Morgan fingerprint density at radius 3 is 2.95 bits per heavy atom. The Hall–Kier alpha value is -1.06. The molecule has 1 N–H and O–H groups in total. The fraction of sp³-hybridized carbons (Fsp3) is 0.625. The molecule has 0 aliphatic carbocycles. The average Bonchev–Trinajstić information content (AvgIpc) is 2.90. The van der Waals surface area contributed by atoms with Crippen LogP contribution >= 0.6 is 0 Å². The quantitative estimate of drug-likeness (QED) is 0.729. The SMILES string of the molecule is CCCNC1CCN(CCCOc2ccccc2)C1. The summed E-state index contributed by atoms with van der Waals surface area (Å²) in [5.41, 5.74) is 0. The molecule has 0 bridgehead atoms. The maximum atomic E-state index is 5.72. The van der Waals surface area contributed by atoms with Crippen LogP contribution in [0.4, 0.5) is 0 Å².